The molecule has 0 fully saturated rings. The molecule has 18 heavy (non-hydrogen) atoms. The lowest BCUT2D eigenvalue weighted by Crippen LogP contribution is -2.29. The van der Waals surface area contributed by atoms with E-state index >= 15 is 0 Å². The Morgan fingerprint density at radius 3 is 2.83 bits per heavy atom. The van der Waals surface area contributed by atoms with Crippen LogP contribution in [0.2, 0.25) is 0 Å². The van der Waals surface area contributed by atoms with Crippen molar-refractivity contribution >= 4 is 5.91 Å². The molecule has 1 unspecified atom stereocenters. The van der Waals surface area contributed by atoms with Gasteiger partial charge in [0.15, 0.2) is 11.5 Å². The van der Waals surface area contributed by atoms with Gasteiger partial charge in [-0.2, -0.15) is 0 Å². The summed E-state index contributed by atoms with van der Waals surface area (Å²) in [6.45, 7) is 3.11. The lowest BCUT2D eigenvalue weighted by atomic mass is 10.1. The summed E-state index contributed by atoms with van der Waals surface area (Å²) in [5.41, 5.74) is 0.976. The molecule has 0 spiro atoms. The summed E-state index contributed by atoms with van der Waals surface area (Å²) in [5.74, 6) is 1.34. The van der Waals surface area contributed by atoms with Gasteiger partial charge >= 0.3 is 0 Å². The molecule has 1 aromatic rings. The van der Waals surface area contributed by atoms with E-state index in [-0.39, 0.29) is 18.6 Å². The van der Waals surface area contributed by atoms with Crippen molar-refractivity contribution in [2.75, 3.05) is 26.9 Å². The van der Waals surface area contributed by atoms with E-state index in [4.69, 9.17) is 14.2 Å². The molecule has 0 saturated heterocycles. The minimum absolute atomic E-state index is 0.0644. The largest absolute Gasteiger partial charge is 0.486 e. The molecule has 0 aliphatic carbocycles. The average Bonchev–Trinajstić information content (AvgIpc) is 2.38. The van der Waals surface area contributed by atoms with Gasteiger partial charge in [0.2, 0.25) is 5.91 Å². The molecular weight excluding hydrogens is 234 g/mol. The Morgan fingerprint density at radius 2 is 2.11 bits per heavy atom. The molecule has 5 nitrogen and oxygen atoms in total. The van der Waals surface area contributed by atoms with Crippen LogP contribution in [0.25, 0.3) is 0 Å². The molecule has 5 heteroatoms. The number of benzene rings is 1. The van der Waals surface area contributed by atoms with Crippen molar-refractivity contribution in [3.8, 4) is 11.5 Å². The first-order valence-electron chi connectivity index (χ1n) is 5.88. The molecule has 0 aromatic heterocycles. The highest BCUT2D eigenvalue weighted by atomic mass is 16.6. The predicted molar refractivity (Wildman–Crippen MR) is 65.9 cm³/mol. The van der Waals surface area contributed by atoms with Crippen molar-refractivity contribution in [1.29, 1.82) is 0 Å². The second-order valence-corrected chi connectivity index (χ2v) is 4.13. The number of hydrogen-bond donors (Lipinski definition) is 1. The highest BCUT2D eigenvalue weighted by Crippen LogP contribution is 2.32. The third kappa shape index (κ3) is 2.92. The zero-order valence-electron chi connectivity index (χ0n) is 10.6. The Bertz CT molecular complexity index is 433. The highest BCUT2D eigenvalue weighted by Gasteiger charge is 2.15. The summed E-state index contributed by atoms with van der Waals surface area (Å²) in [4.78, 5) is 11.4. The minimum atomic E-state index is -0.139. The first kappa shape index (κ1) is 12.7. The van der Waals surface area contributed by atoms with Crippen LogP contribution in [-0.2, 0) is 9.53 Å². The van der Waals surface area contributed by atoms with Crippen LogP contribution in [-0.4, -0.2) is 32.8 Å². The van der Waals surface area contributed by atoms with Crippen LogP contribution in [0.3, 0.4) is 0 Å². The Hall–Kier alpha value is -1.75. The van der Waals surface area contributed by atoms with Crippen molar-refractivity contribution in [2.45, 2.75) is 13.0 Å². The number of hydrogen-bond acceptors (Lipinski definition) is 4. The Kier molecular flexibility index (Phi) is 4.04. The number of carbonyl (C=O) groups excluding carboxylic acids is 1. The zero-order chi connectivity index (χ0) is 13.0. The third-order valence-electron chi connectivity index (χ3n) is 2.72. The summed E-state index contributed by atoms with van der Waals surface area (Å²) < 4.78 is 15.7. The molecule has 2 rings (SSSR count). The van der Waals surface area contributed by atoms with E-state index < -0.39 is 0 Å². The van der Waals surface area contributed by atoms with Crippen LogP contribution in [0.4, 0.5) is 0 Å². The first-order chi connectivity index (χ1) is 8.70. The molecule has 98 valence electrons. The highest BCUT2D eigenvalue weighted by molar-refractivity contribution is 5.77. The van der Waals surface area contributed by atoms with Crippen LogP contribution >= 0.6 is 0 Å². The molecule has 1 amide bonds. The van der Waals surface area contributed by atoms with Gasteiger partial charge in [-0.1, -0.05) is 6.07 Å². The molecule has 0 radical (unpaired) electrons. The van der Waals surface area contributed by atoms with Crippen LogP contribution in [0.1, 0.15) is 18.5 Å². The standard InChI is InChI=1S/C13H17NO4/c1-9(14-13(15)8-16-2)10-3-4-11-12(7-10)18-6-5-17-11/h3-4,7,9H,5-6,8H2,1-2H3,(H,14,15). The van der Waals surface area contributed by atoms with E-state index in [2.05, 4.69) is 5.32 Å². The number of fused-ring (bicyclic) bond motifs is 1. The van der Waals surface area contributed by atoms with E-state index in [0.29, 0.717) is 13.2 Å². The number of amides is 1. The Labute approximate surface area is 106 Å². The smallest absolute Gasteiger partial charge is 0.246 e. The minimum Gasteiger partial charge on any atom is -0.486 e. The van der Waals surface area contributed by atoms with Gasteiger partial charge in [-0.15, -0.1) is 0 Å². The summed E-state index contributed by atoms with van der Waals surface area (Å²) in [7, 11) is 1.49. The van der Waals surface area contributed by atoms with Gasteiger partial charge < -0.3 is 19.5 Å². The maximum absolute atomic E-state index is 11.4. The van der Waals surface area contributed by atoms with Crippen LogP contribution in [0.5, 0.6) is 11.5 Å². The number of methoxy groups -OCH3 is 1. The fourth-order valence-corrected chi connectivity index (χ4v) is 1.83. The van der Waals surface area contributed by atoms with Crippen molar-refractivity contribution in [2.24, 2.45) is 0 Å². The fraction of sp³-hybridized carbons (Fsp3) is 0.462. The average molecular weight is 251 g/mol. The molecular formula is C13H17NO4. The molecule has 1 N–H and O–H groups in total. The Morgan fingerprint density at radius 1 is 1.39 bits per heavy atom. The molecule has 1 heterocycles. The molecule has 0 bridgehead atoms. The molecule has 0 saturated carbocycles. The van der Waals surface area contributed by atoms with Crippen LogP contribution in [0.15, 0.2) is 18.2 Å². The van der Waals surface area contributed by atoms with Gasteiger partial charge in [0, 0.05) is 7.11 Å². The van der Waals surface area contributed by atoms with E-state index in [9.17, 15) is 4.79 Å². The van der Waals surface area contributed by atoms with Crippen molar-refractivity contribution in [1.82, 2.24) is 5.32 Å². The summed E-state index contributed by atoms with van der Waals surface area (Å²) in [6.07, 6.45) is 0. The lowest BCUT2D eigenvalue weighted by Gasteiger charge is -2.21. The van der Waals surface area contributed by atoms with E-state index in [0.717, 1.165) is 17.1 Å². The Balaban J connectivity index is 2.06. The summed E-state index contributed by atoms with van der Waals surface area (Å²) in [5, 5.41) is 2.84. The predicted octanol–water partition coefficient (Wildman–Crippen LogP) is 1.28. The van der Waals surface area contributed by atoms with E-state index in [1.807, 2.05) is 25.1 Å². The van der Waals surface area contributed by atoms with Crippen molar-refractivity contribution < 1.29 is 19.0 Å². The van der Waals surface area contributed by atoms with Gasteiger partial charge in [0.25, 0.3) is 0 Å². The van der Waals surface area contributed by atoms with E-state index in [1.54, 1.807) is 0 Å². The lowest BCUT2D eigenvalue weighted by molar-refractivity contribution is -0.125. The number of nitrogens with one attached hydrogen (secondary N) is 1. The normalized spacial score (nSPS) is 15.0. The fourth-order valence-electron chi connectivity index (χ4n) is 1.83. The monoisotopic (exact) mass is 251 g/mol. The van der Waals surface area contributed by atoms with Gasteiger partial charge in [0.05, 0.1) is 6.04 Å². The van der Waals surface area contributed by atoms with Crippen molar-refractivity contribution in [3.63, 3.8) is 0 Å². The van der Waals surface area contributed by atoms with Gasteiger partial charge in [-0.3, -0.25) is 4.79 Å². The summed E-state index contributed by atoms with van der Waals surface area (Å²) >= 11 is 0. The third-order valence-corrected chi connectivity index (χ3v) is 2.72. The molecule has 1 aromatic carbocycles. The topological polar surface area (TPSA) is 56.8 Å². The van der Waals surface area contributed by atoms with Gasteiger partial charge in [0.1, 0.15) is 19.8 Å². The van der Waals surface area contributed by atoms with Crippen LogP contribution in [0, 0.1) is 0 Å². The SMILES string of the molecule is COCC(=O)NC(C)c1ccc2c(c1)OCCO2. The second-order valence-electron chi connectivity index (χ2n) is 4.13. The second kappa shape index (κ2) is 5.73. The number of rotatable bonds is 4. The van der Waals surface area contributed by atoms with E-state index in [1.165, 1.54) is 7.11 Å². The maximum atomic E-state index is 11.4. The zero-order valence-corrected chi connectivity index (χ0v) is 10.6. The summed E-state index contributed by atoms with van der Waals surface area (Å²) in [6, 6.07) is 5.59. The first-order valence-corrected chi connectivity index (χ1v) is 5.88. The van der Waals surface area contributed by atoms with Crippen molar-refractivity contribution in [3.05, 3.63) is 23.8 Å². The van der Waals surface area contributed by atoms with Gasteiger partial charge in [-0.05, 0) is 24.6 Å². The number of ether oxygens (including phenoxy) is 3. The molecule has 1 atom stereocenters. The quantitative estimate of drug-likeness (QED) is 0.875. The molecule has 1 aliphatic heterocycles. The number of carbonyl (C=O) groups is 1. The van der Waals surface area contributed by atoms with Crippen LogP contribution < -0.4 is 14.8 Å². The molecule has 1 aliphatic rings. The van der Waals surface area contributed by atoms with Gasteiger partial charge in [-0.25, -0.2) is 0 Å². The maximum Gasteiger partial charge on any atom is 0.246 e.